The summed E-state index contributed by atoms with van der Waals surface area (Å²) in [5.41, 5.74) is 0. The SMILES string of the molecule is CS(=O)(=O)CCC1CCCC1CNC1CC1. The number of sulfone groups is 1. The van der Waals surface area contributed by atoms with Crippen LogP contribution in [0, 0.1) is 11.8 Å². The van der Waals surface area contributed by atoms with E-state index in [4.69, 9.17) is 0 Å². The lowest BCUT2D eigenvalue weighted by Gasteiger charge is -2.19. The highest BCUT2D eigenvalue weighted by Gasteiger charge is 2.29. The van der Waals surface area contributed by atoms with Gasteiger partial charge in [-0.1, -0.05) is 12.8 Å². The molecule has 0 heterocycles. The molecule has 0 saturated heterocycles. The molecule has 2 aliphatic rings. The van der Waals surface area contributed by atoms with E-state index in [1.54, 1.807) is 0 Å². The predicted octanol–water partition coefficient (Wildman–Crippen LogP) is 1.59. The fourth-order valence-electron chi connectivity index (χ4n) is 2.73. The van der Waals surface area contributed by atoms with Crippen LogP contribution in [0.2, 0.25) is 0 Å². The third kappa shape index (κ3) is 4.06. The Labute approximate surface area is 98.9 Å². The van der Waals surface area contributed by atoms with Crippen LogP contribution >= 0.6 is 0 Å². The van der Waals surface area contributed by atoms with E-state index in [2.05, 4.69) is 5.32 Å². The molecule has 0 aliphatic heterocycles. The summed E-state index contributed by atoms with van der Waals surface area (Å²) < 4.78 is 22.3. The predicted molar refractivity (Wildman–Crippen MR) is 66.2 cm³/mol. The lowest BCUT2D eigenvalue weighted by atomic mass is 9.93. The van der Waals surface area contributed by atoms with Gasteiger partial charge in [0.05, 0.1) is 5.75 Å². The Balaban J connectivity index is 1.73. The minimum absolute atomic E-state index is 0.373. The first-order chi connectivity index (χ1) is 7.54. The fourth-order valence-corrected chi connectivity index (χ4v) is 3.46. The summed E-state index contributed by atoms with van der Waals surface area (Å²) in [6.07, 6.45) is 8.68. The van der Waals surface area contributed by atoms with E-state index in [-0.39, 0.29) is 0 Å². The van der Waals surface area contributed by atoms with Crippen molar-refractivity contribution in [1.82, 2.24) is 5.32 Å². The third-order valence-electron chi connectivity index (χ3n) is 3.92. The van der Waals surface area contributed by atoms with Crippen molar-refractivity contribution >= 4 is 9.84 Å². The van der Waals surface area contributed by atoms with E-state index < -0.39 is 9.84 Å². The van der Waals surface area contributed by atoms with Crippen LogP contribution in [0.15, 0.2) is 0 Å². The van der Waals surface area contributed by atoms with Crippen LogP contribution < -0.4 is 5.32 Å². The van der Waals surface area contributed by atoms with Gasteiger partial charge in [0, 0.05) is 12.3 Å². The van der Waals surface area contributed by atoms with Gasteiger partial charge >= 0.3 is 0 Å². The quantitative estimate of drug-likeness (QED) is 0.773. The summed E-state index contributed by atoms with van der Waals surface area (Å²) in [7, 11) is -2.77. The molecule has 0 aromatic heterocycles. The topological polar surface area (TPSA) is 46.2 Å². The largest absolute Gasteiger partial charge is 0.314 e. The molecular formula is C12H23NO2S. The van der Waals surface area contributed by atoms with Crippen molar-refractivity contribution in [3.05, 3.63) is 0 Å². The van der Waals surface area contributed by atoms with Gasteiger partial charge in [0.1, 0.15) is 9.84 Å². The lowest BCUT2D eigenvalue weighted by molar-refractivity contribution is 0.357. The smallest absolute Gasteiger partial charge is 0.147 e. The molecule has 0 bridgehead atoms. The first-order valence-electron chi connectivity index (χ1n) is 6.46. The van der Waals surface area contributed by atoms with E-state index in [1.807, 2.05) is 0 Å². The molecule has 94 valence electrons. The van der Waals surface area contributed by atoms with Gasteiger partial charge in [-0.25, -0.2) is 8.42 Å². The van der Waals surface area contributed by atoms with Crippen LogP contribution in [0.5, 0.6) is 0 Å². The Morgan fingerprint density at radius 2 is 1.81 bits per heavy atom. The molecule has 0 aromatic carbocycles. The highest BCUT2D eigenvalue weighted by molar-refractivity contribution is 7.90. The Morgan fingerprint density at radius 1 is 1.12 bits per heavy atom. The second-order valence-corrected chi connectivity index (χ2v) is 7.81. The molecule has 0 spiro atoms. The number of rotatable bonds is 6. The Bertz CT molecular complexity index is 322. The molecule has 0 aromatic rings. The molecule has 2 unspecified atom stereocenters. The Morgan fingerprint density at radius 3 is 2.44 bits per heavy atom. The maximum absolute atomic E-state index is 11.2. The normalized spacial score (nSPS) is 30.8. The molecule has 4 heteroatoms. The van der Waals surface area contributed by atoms with Crippen LogP contribution in [-0.4, -0.2) is 33.0 Å². The first kappa shape index (κ1) is 12.4. The van der Waals surface area contributed by atoms with Crippen LogP contribution in [0.1, 0.15) is 38.5 Å². The summed E-state index contributed by atoms with van der Waals surface area (Å²) >= 11 is 0. The van der Waals surface area contributed by atoms with Gasteiger partial charge in [-0.3, -0.25) is 0 Å². The summed E-state index contributed by atoms with van der Waals surface area (Å²) in [6, 6.07) is 0.774. The summed E-state index contributed by atoms with van der Waals surface area (Å²) in [5, 5.41) is 3.58. The van der Waals surface area contributed by atoms with E-state index in [1.165, 1.54) is 38.4 Å². The lowest BCUT2D eigenvalue weighted by Crippen LogP contribution is -2.27. The van der Waals surface area contributed by atoms with Gasteiger partial charge in [0.25, 0.3) is 0 Å². The molecular weight excluding hydrogens is 222 g/mol. The van der Waals surface area contributed by atoms with Gasteiger partial charge in [-0.15, -0.1) is 0 Å². The molecule has 1 N–H and O–H groups in total. The molecule has 2 atom stereocenters. The van der Waals surface area contributed by atoms with Crippen molar-refractivity contribution in [3.8, 4) is 0 Å². The van der Waals surface area contributed by atoms with Crippen molar-refractivity contribution < 1.29 is 8.42 Å². The molecule has 2 aliphatic carbocycles. The van der Waals surface area contributed by atoms with Crippen molar-refractivity contribution in [1.29, 1.82) is 0 Å². The number of nitrogens with one attached hydrogen (secondary N) is 1. The Kier molecular flexibility index (Phi) is 3.90. The summed E-state index contributed by atoms with van der Waals surface area (Å²) in [5.74, 6) is 1.74. The van der Waals surface area contributed by atoms with Crippen molar-refractivity contribution in [2.24, 2.45) is 11.8 Å². The minimum Gasteiger partial charge on any atom is -0.314 e. The summed E-state index contributed by atoms with van der Waals surface area (Å²) in [4.78, 5) is 0. The molecule has 0 radical (unpaired) electrons. The number of hydrogen-bond donors (Lipinski definition) is 1. The minimum atomic E-state index is -2.77. The van der Waals surface area contributed by atoms with Gasteiger partial charge < -0.3 is 5.32 Å². The van der Waals surface area contributed by atoms with Crippen molar-refractivity contribution in [2.45, 2.75) is 44.6 Å². The third-order valence-corrected chi connectivity index (χ3v) is 4.90. The summed E-state index contributed by atoms with van der Waals surface area (Å²) in [6.45, 7) is 1.11. The second kappa shape index (κ2) is 5.05. The van der Waals surface area contributed by atoms with Crippen LogP contribution in [0.4, 0.5) is 0 Å². The van der Waals surface area contributed by atoms with Crippen LogP contribution in [0.25, 0.3) is 0 Å². The molecule has 2 saturated carbocycles. The molecule has 0 amide bonds. The second-order valence-electron chi connectivity index (χ2n) is 5.55. The highest BCUT2D eigenvalue weighted by Crippen LogP contribution is 2.34. The Hall–Kier alpha value is -0.0900. The van der Waals surface area contributed by atoms with Crippen LogP contribution in [-0.2, 0) is 9.84 Å². The number of hydrogen-bond acceptors (Lipinski definition) is 3. The molecule has 3 nitrogen and oxygen atoms in total. The van der Waals surface area contributed by atoms with E-state index in [0.717, 1.165) is 24.9 Å². The first-order valence-corrected chi connectivity index (χ1v) is 8.52. The fraction of sp³-hybridized carbons (Fsp3) is 1.00. The van der Waals surface area contributed by atoms with E-state index in [9.17, 15) is 8.42 Å². The molecule has 2 fully saturated rings. The maximum Gasteiger partial charge on any atom is 0.147 e. The average molecular weight is 245 g/mol. The maximum atomic E-state index is 11.2. The van der Waals surface area contributed by atoms with Gasteiger partial charge in [-0.2, -0.15) is 0 Å². The van der Waals surface area contributed by atoms with Gasteiger partial charge in [0.15, 0.2) is 0 Å². The van der Waals surface area contributed by atoms with Crippen molar-refractivity contribution in [2.75, 3.05) is 18.6 Å². The molecule has 2 rings (SSSR count). The molecule has 16 heavy (non-hydrogen) atoms. The van der Waals surface area contributed by atoms with Gasteiger partial charge in [-0.05, 0) is 44.1 Å². The highest BCUT2D eigenvalue weighted by atomic mass is 32.2. The standard InChI is InChI=1S/C12H23NO2S/c1-16(14,15)8-7-10-3-2-4-11(10)9-13-12-5-6-12/h10-13H,2-9H2,1H3. The average Bonchev–Trinajstić information content (AvgIpc) is 2.90. The zero-order chi connectivity index (χ0) is 11.6. The van der Waals surface area contributed by atoms with Crippen molar-refractivity contribution in [3.63, 3.8) is 0 Å². The monoisotopic (exact) mass is 245 g/mol. The van der Waals surface area contributed by atoms with Gasteiger partial charge in [0.2, 0.25) is 0 Å². The zero-order valence-corrected chi connectivity index (χ0v) is 10.9. The van der Waals surface area contributed by atoms with E-state index in [0.29, 0.717) is 11.7 Å². The zero-order valence-electron chi connectivity index (χ0n) is 10.1. The van der Waals surface area contributed by atoms with E-state index >= 15 is 0 Å². The van der Waals surface area contributed by atoms with Crippen LogP contribution in [0.3, 0.4) is 0 Å².